The lowest BCUT2D eigenvalue weighted by molar-refractivity contribution is -0.384. The number of furan rings is 1. The molecule has 5 heteroatoms. The number of rotatable bonds is 4. The molecule has 1 aromatic carbocycles. The van der Waals surface area contributed by atoms with E-state index >= 15 is 0 Å². The first kappa shape index (κ1) is 11.2. The number of anilines is 1. The van der Waals surface area contributed by atoms with E-state index in [4.69, 9.17) is 4.42 Å². The largest absolute Gasteiger partial charge is 0.467 e. The highest BCUT2D eigenvalue weighted by Crippen LogP contribution is 2.27. The minimum atomic E-state index is -0.406. The quantitative estimate of drug-likeness (QED) is 0.648. The van der Waals surface area contributed by atoms with Crippen LogP contribution in [-0.4, -0.2) is 4.92 Å². The highest BCUT2D eigenvalue weighted by Gasteiger charge is 2.15. The van der Waals surface area contributed by atoms with Crippen LogP contribution in [0.4, 0.5) is 11.4 Å². The predicted octanol–water partition coefficient (Wildman–Crippen LogP) is 3.36. The van der Waals surface area contributed by atoms with E-state index in [1.807, 2.05) is 13.0 Å². The van der Waals surface area contributed by atoms with Gasteiger partial charge in [-0.25, -0.2) is 0 Å². The molecule has 0 radical (unpaired) electrons. The standard InChI is InChI=1S/C12H12N2O3/c1-9(12-7-4-8-17-12)13-10-5-2-3-6-11(10)14(15)16/h2-9,13H,1H3. The minimum absolute atomic E-state index is 0.0610. The van der Waals surface area contributed by atoms with Gasteiger partial charge < -0.3 is 9.73 Å². The van der Waals surface area contributed by atoms with Gasteiger partial charge in [-0.15, -0.1) is 0 Å². The highest BCUT2D eigenvalue weighted by atomic mass is 16.6. The van der Waals surface area contributed by atoms with Gasteiger partial charge in [-0.05, 0) is 25.1 Å². The van der Waals surface area contributed by atoms with E-state index in [0.717, 1.165) is 5.76 Å². The Morgan fingerprint density at radius 2 is 2.06 bits per heavy atom. The molecule has 1 N–H and O–H groups in total. The SMILES string of the molecule is CC(Nc1ccccc1[N+](=O)[O-])c1ccco1. The second-order valence-electron chi connectivity index (χ2n) is 3.66. The van der Waals surface area contributed by atoms with E-state index in [1.54, 1.807) is 30.5 Å². The summed E-state index contributed by atoms with van der Waals surface area (Å²) in [7, 11) is 0. The zero-order valence-corrected chi connectivity index (χ0v) is 9.29. The Morgan fingerprint density at radius 3 is 2.71 bits per heavy atom. The van der Waals surface area contributed by atoms with Crippen LogP contribution in [0.1, 0.15) is 18.7 Å². The van der Waals surface area contributed by atoms with Crippen LogP contribution < -0.4 is 5.32 Å². The third kappa shape index (κ3) is 2.44. The van der Waals surface area contributed by atoms with Crippen molar-refractivity contribution in [2.75, 3.05) is 5.32 Å². The molecule has 0 saturated carbocycles. The van der Waals surface area contributed by atoms with Crippen LogP contribution >= 0.6 is 0 Å². The van der Waals surface area contributed by atoms with Crippen molar-refractivity contribution in [1.82, 2.24) is 0 Å². The maximum Gasteiger partial charge on any atom is 0.292 e. The van der Waals surface area contributed by atoms with E-state index in [1.165, 1.54) is 6.07 Å². The van der Waals surface area contributed by atoms with Gasteiger partial charge in [-0.3, -0.25) is 10.1 Å². The molecule has 2 rings (SSSR count). The maximum atomic E-state index is 10.8. The van der Waals surface area contributed by atoms with Gasteiger partial charge in [0, 0.05) is 6.07 Å². The lowest BCUT2D eigenvalue weighted by atomic mass is 10.2. The van der Waals surface area contributed by atoms with Gasteiger partial charge in [-0.2, -0.15) is 0 Å². The van der Waals surface area contributed by atoms with Crippen molar-refractivity contribution >= 4 is 11.4 Å². The number of benzene rings is 1. The summed E-state index contributed by atoms with van der Waals surface area (Å²) >= 11 is 0. The molecule has 2 aromatic rings. The zero-order valence-electron chi connectivity index (χ0n) is 9.29. The molecular weight excluding hydrogens is 220 g/mol. The topological polar surface area (TPSA) is 68.3 Å². The van der Waals surface area contributed by atoms with Crippen molar-refractivity contribution in [3.8, 4) is 0 Å². The summed E-state index contributed by atoms with van der Waals surface area (Å²) in [6, 6.07) is 10.0. The molecule has 1 atom stereocenters. The summed E-state index contributed by atoms with van der Waals surface area (Å²) in [5, 5.41) is 13.9. The van der Waals surface area contributed by atoms with Crippen molar-refractivity contribution in [3.63, 3.8) is 0 Å². The Balaban J connectivity index is 2.21. The number of nitro benzene ring substituents is 1. The summed E-state index contributed by atoms with van der Waals surface area (Å²) in [6.45, 7) is 1.88. The van der Waals surface area contributed by atoms with Crippen LogP contribution in [0.5, 0.6) is 0 Å². The molecule has 0 bridgehead atoms. The van der Waals surface area contributed by atoms with E-state index in [-0.39, 0.29) is 11.7 Å². The zero-order chi connectivity index (χ0) is 12.3. The predicted molar refractivity (Wildman–Crippen MR) is 63.8 cm³/mol. The van der Waals surface area contributed by atoms with Crippen LogP contribution in [0, 0.1) is 10.1 Å². The molecule has 5 nitrogen and oxygen atoms in total. The van der Waals surface area contributed by atoms with Crippen LogP contribution in [-0.2, 0) is 0 Å². The van der Waals surface area contributed by atoms with Crippen molar-refractivity contribution in [2.45, 2.75) is 13.0 Å². The first-order chi connectivity index (χ1) is 8.18. The van der Waals surface area contributed by atoms with Crippen LogP contribution in [0.25, 0.3) is 0 Å². The van der Waals surface area contributed by atoms with Crippen LogP contribution in [0.3, 0.4) is 0 Å². The highest BCUT2D eigenvalue weighted by molar-refractivity contribution is 5.61. The average Bonchev–Trinajstić information content (AvgIpc) is 2.83. The van der Waals surface area contributed by atoms with Gasteiger partial charge in [0.2, 0.25) is 0 Å². The summed E-state index contributed by atoms with van der Waals surface area (Å²) in [5.74, 6) is 0.739. The molecular formula is C12H12N2O3. The Labute approximate surface area is 98.2 Å². The number of nitrogens with one attached hydrogen (secondary N) is 1. The molecule has 1 heterocycles. The van der Waals surface area contributed by atoms with E-state index in [0.29, 0.717) is 5.69 Å². The number of hydrogen-bond acceptors (Lipinski definition) is 4. The fourth-order valence-electron chi connectivity index (χ4n) is 1.60. The van der Waals surface area contributed by atoms with Crippen molar-refractivity contribution in [2.24, 2.45) is 0 Å². The van der Waals surface area contributed by atoms with E-state index < -0.39 is 4.92 Å². The second-order valence-corrected chi connectivity index (χ2v) is 3.66. The summed E-state index contributed by atoms with van der Waals surface area (Å²) in [6.07, 6.45) is 1.58. The molecule has 0 aliphatic rings. The molecule has 88 valence electrons. The van der Waals surface area contributed by atoms with Gasteiger partial charge in [0.1, 0.15) is 11.4 Å². The Morgan fingerprint density at radius 1 is 1.29 bits per heavy atom. The van der Waals surface area contributed by atoms with Crippen molar-refractivity contribution < 1.29 is 9.34 Å². The fourth-order valence-corrected chi connectivity index (χ4v) is 1.60. The average molecular weight is 232 g/mol. The molecule has 1 aromatic heterocycles. The Hall–Kier alpha value is -2.30. The summed E-state index contributed by atoms with van der Waals surface area (Å²) in [4.78, 5) is 10.4. The smallest absolute Gasteiger partial charge is 0.292 e. The number of para-hydroxylation sites is 2. The summed E-state index contributed by atoms with van der Waals surface area (Å²) < 4.78 is 5.24. The minimum Gasteiger partial charge on any atom is -0.467 e. The van der Waals surface area contributed by atoms with E-state index in [2.05, 4.69) is 5.32 Å². The number of hydrogen-bond donors (Lipinski definition) is 1. The lowest BCUT2D eigenvalue weighted by Gasteiger charge is -2.12. The van der Waals surface area contributed by atoms with Crippen LogP contribution in [0.15, 0.2) is 47.1 Å². The Kier molecular flexibility index (Phi) is 3.09. The molecule has 0 amide bonds. The molecule has 0 saturated heterocycles. The lowest BCUT2D eigenvalue weighted by Crippen LogP contribution is -2.07. The third-order valence-electron chi connectivity index (χ3n) is 2.44. The molecule has 1 unspecified atom stereocenters. The summed E-state index contributed by atoms with van der Waals surface area (Å²) in [5.41, 5.74) is 0.548. The second kappa shape index (κ2) is 4.69. The fraction of sp³-hybridized carbons (Fsp3) is 0.167. The molecule has 0 spiro atoms. The number of nitro groups is 1. The van der Waals surface area contributed by atoms with E-state index in [9.17, 15) is 10.1 Å². The van der Waals surface area contributed by atoms with Gasteiger partial charge >= 0.3 is 0 Å². The third-order valence-corrected chi connectivity index (χ3v) is 2.44. The van der Waals surface area contributed by atoms with Crippen molar-refractivity contribution in [1.29, 1.82) is 0 Å². The monoisotopic (exact) mass is 232 g/mol. The molecule has 0 aliphatic carbocycles. The normalized spacial score (nSPS) is 12.1. The van der Waals surface area contributed by atoms with Gasteiger partial charge in [0.25, 0.3) is 5.69 Å². The van der Waals surface area contributed by atoms with Crippen LogP contribution in [0.2, 0.25) is 0 Å². The maximum absolute atomic E-state index is 10.8. The number of nitrogens with zero attached hydrogens (tertiary/aromatic N) is 1. The van der Waals surface area contributed by atoms with Crippen molar-refractivity contribution in [3.05, 3.63) is 58.5 Å². The molecule has 0 aliphatic heterocycles. The van der Waals surface area contributed by atoms with Gasteiger partial charge in [-0.1, -0.05) is 12.1 Å². The molecule has 0 fully saturated rings. The first-order valence-electron chi connectivity index (χ1n) is 5.22. The first-order valence-corrected chi connectivity index (χ1v) is 5.22. The Bertz CT molecular complexity index is 508. The van der Waals surface area contributed by atoms with Gasteiger partial charge in [0.05, 0.1) is 17.2 Å². The van der Waals surface area contributed by atoms with Gasteiger partial charge in [0.15, 0.2) is 0 Å². The molecule has 17 heavy (non-hydrogen) atoms.